The molecule has 3 rings (SSSR count). The van der Waals surface area contributed by atoms with Gasteiger partial charge in [-0.1, -0.05) is 18.2 Å². The molecule has 9 heteroatoms. The molecule has 1 aliphatic heterocycles. The van der Waals surface area contributed by atoms with Crippen molar-refractivity contribution in [1.82, 2.24) is 14.8 Å². The van der Waals surface area contributed by atoms with Gasteiger partial charge in [-0.3, -0.25) is 9.59 Å². The van der Waals surface area contributed by atoms with Gasteiger partial charge >= 0.3 is 5.97 Å². The first-order chi connectivity index (χ1) is 15.3. The Bertz CT molecular complexity index is 981. The van der Waals surface area contributed by atoms with Crippen molar-refractivity contribution in [3.05, 3.63) is 53.9 Å². The first-order valence-electron chi connectivity index (χ1n) is 10.3. The number of carbonyl (C=O) groups excluding carboxylic acids is 3. The summed E-state index contributed by atoms with van der Waals surface area (Å²) in [6, 6.07) is 10.3. The summed E-state index contributed by atoms with van der Waals surface area (Å²) < 4.78 is 15.7. The van der Waals surface area contributed by atoms with E-state index >= 15 is 0 Å². The van der Waals surface area contributed by atoms with E-state index < -0.39 is 12.1 Å². The SMILES string of the molecule is COC(=O)c1cc(OC)c(OC(C)C(=O)N2CCN(C(=O)c3ccccc3)CC2C)cn1. The highest BCUT2D eigenvalue weighted by Gasteiger charge is 2.33. The average Bonchev–Trinajstić information content (AvgIpc) is 2.83. The lowest BCUT2D eigenvalue weighted by atomic mass is 10.1. The molecule has 9 nitrogen and oxygen atoms in total. The van der Waals surface area contributed by atoms with Crippen LogP contribution in [0, 0.1) is 0 Å². The molecule has 1 aromatic heterocycles. The quantitative estimate of drug-likeness (QED) is 0.633. The second-order valence-corrected chi connectivity index (χ2v) is 7.47. The summed E-state index contributed by atoms with van der Waals surface area (Å²) in [6.45, 7) is 4.83. The molecule has 2 unspecified atom stereocenters. The number of ether oxygens (including phenoxy) is 3. The third kappa shape index (κ3) is 4.99. The lowest BCUT2D eigenvalue weighted by Crippen LogP contribution is -2.57. The molecule has 1 saturated heterocycles. The van der Waals surface area contributed by atoms with Gasteiger partial charge in [-0.2, -0.15) is 0 Å². The number of hydrogen-bond acceptors (Lipinski definition) is 7. The number of carbonyl (C=O) groups is 3. The Kier molecular flexibility index (Phi) is 7.29. The fourth-order valence-corrected chi connectivity index (χ4v) is 3.60. The minimum atomic E-state index is -0.812. The fraction of sp³-hybridized carbons (Fsp3) is 0.391. The van der Waals surface area contributed by atoms with E-state index in [-0.39, 0.29) is 35.0 Å². The smallest absolute Gasteiger partial charge is 0.356 e. The second-order valence-electron chi connectivity index (χ2n) is 7.47. The Morgan fingerprint density at radius 1 is 1.09 bits per heavy atom. The number of hydrogen-bond donors (Lipinski definition) is 0. The summed E-state index contributed by atoms with van der Waals surface area (Å²) in [6.07, 6.45) is 0.517. The highest BCUT2D eigenvalue weighted by atomic mass is 16.5. The van der Waals surface area contributed by atoms with Crippen LogP contribution in [0.15, 0.2) is 42.6 Å². The number of esters is 1. The van der Waals surface area contributed by atoms with Gasteiger partial charge in [0.25, 0.3) is 11.8 Å². The van der Waals surface area contributed by atoms with Gasteiger partial charge in [0, 0.05) is 37.3 Å². The van der Waals surface area contributed by atoms with Gasteiger partial charge in [-0.25, -0.2) is 9.78 Å². The van der Waals surface area contributed by atoms with Crippen molar-refractivity contribution < 1.29 is 28.6 Å². The van der Waals surface area contributed by atoms with Crippen LogP contribution in [0.5, 0.6) is 11.5 Å². The van der Waals surface area contributed by atoms with Crippen LogP contribution in [0.2, 0.25) is 0 Å². The third-order valence-electron chi connectivity index (χ3n) is 5.32. The second kappa shape index (κ2) is 10.1. The molecule has 0 saturated carbocycles. The maximum atomic E-state index is 13.0. The van der Waals surface area contributed by atoms with Crippen LogP contribution in [0.3, 0.4) is 0 Å². The van der Waals surface area contributed by atoms with Crippen molar-refractivity contribution in [3.63, 3.8) is 0 Å². The van der Waals surface area contributed by atoms with Crippen LogP contribution >= 0.6 is 0 Å². The highest BCUT2D eigenvalue weighted by molar-refractivity contribution is 5.94. The molecule has 1 aromatic carbocycles. The summed E-state index contributed by atoms with van der Waals surface area (Å²) in [5.41, 5.74) is 0.703. The van der Waals surface area contributed by atoms with Gasteiger partial charge in [0.15, 0.2) is 23.3 Å². The maximum Gasteiger partial charge on any atom is 0.356 e. The monoisotopic (exact) mass is 441 g/mol. The average molecular weight is 441 g/mol. The van der Waals surface area contributed by atoms with Crippen molar-refractivity contribution in [2.45, 2.75) is 26.0 Å². The third-order valence-corrected chi connectivity index (χ3v) is 5.32. The molecular formula is C23H27N3O6. The van der Waals surface area contributed by atoms with Crippen LogP contribution in [0.25, 0.3) is 0 Å². The largest absolute Gasteiger partial charge is 0.493 e. The summed E-state index contributed by atoms with van der Waals surface area (Å²) in [5, 5.41) is 0. The molecule has 170 valence electrons. The maximum absolute atomic E-state index is 13.0. The molecule has 0 bridgehead atoms. The number of nitrogens with zero attached hydrogens (tertiary/aromatic N) is 3. The molecule has 0 radical (unpaired) electrons. The zero-order valence-electron chi connectivity index (χ0n) is 18.6. The van der Waals surface area contributed by atoms with Crippen molar-refractivity contribution in [1.29, 1.82) is 0 Å². The van der Waals surface area contributed by atoms with E-state index in [2.05, 4.69) is 9.72 Å². The number of pyridine rings is 1. The summed E-state index contributed by atoms with van der Waals surface area (Å²) in [5.74, 6) is -0.340. The standard InChI is InChI=1S/C23H27N3O6/c1-15-14-25(22(28)17-8-6-5-7-9-17)10-11-26(15)21(27)16(2)32-20-13-24-18(23(29)31-4)12-19(20)30-3/h5-9,12-13,15-16H,10-11,14H2,1-4H3. The van der Waals surface area contributed by atoms with E-state index in [1.165, 1.54) is 26.5 Å². The summed E-state index contributed by atoms with van der Waals surface area (Å²) >= 11 is 0. The van der Waals surface area contributed by atoms with Gasteiger partial charge < -0.3 is 24.0 Å². The minimum absolute atomic E-state index is 0.0460. The van der Waals surface area contributed by atoms with E-state index in [1.807, 2.05) is 25.1 Å². The van der Waals surface area contributed by atoms with Gasteiger partial charge in [0.05, 0.1) is 20.4 Å². The molecule has 0 spiro atoms. The van der Waals surface area contributed by atoms with E-state index in [0.717, 1.165) is 0 Å². The zero-order chi connectivity index (χ0) is 23.3. The van der Waals surface area contributed by atoms with E-state index in [1.54, 1.807) is 28.9 Å². The van der Waals surface area contributed by atoms with E-state index in [9.17, 15) is 14.4 Å². The Morgan fingerprint density at radius 3 is 2.44 bits per heavy atom. The molecule has 1 fully saturated rings. The predicted octanol–water partition coefficient (Wildman–Crippen LogP) is 2.02. The molecule has 0 aliphatic carbocycles. The van der Waals surface area contributed by atoms with Crippen molar-refractivity contribution >= 4 is 17.8 Å². The zero-order valence-corrected chi connectivity index (χ0v) is 18.6. The number of benzene rings is 1. The number of piperazine rings is 1. The normalized spacial score (nSPS) is 16.8. The fourth-order valence-electron chi connectivity index (χ4n) is 3.60. The first-order valence-corrected chi connectivity index (χ1v) is 10.3. The van der Waals surface area contributed by atoms with Crippen LogP contribution in [0.1, 0.15) is 34.7 Å². The molecular weight excluding hydrogens is 414 g/mol. The number of amides is 2. The molecule has 0 N–H and O–H groups in total. The number of aromatic nitrogens is 1. The van der Waals surface area contributed by atoms with E-state index in [0.29, 0.717) is 25.2 Å². The lowest BCUT2D eigenvalue weighted by Gasteiger charge is -2.40. The van der Waals surface area contributed by atoms with Crippen molar-refractivity contribution in [3.8, 4) is 11.5 Å². The predicted molar refractivity (Wildman–Crippen MR) is 116 cm³/mol. The van der Waals surface area contributed by atoms with Gasteiger partial charge in [-0.15, -0.1) is 0 Å². The summed E-state index contributed by atoms with van der Waals surface area (Å²) in [7, 11) is 2.69. The van der Waals surface area contributed by atoms with Crippen molar-refractivity contribution in [2.24, 2.45) is 0 Å². The molecule has 2 atom stereocenters. The summed E-state index contributed by atoms with van der Waals surface area (Å²) in [4.78, 5) is 44.9. The highest BCUT2D eigenvalue weighted by Crippen LogP contribution is 2.28. The Hall–Kier alpha value is -3.62. The minimum Gasteiger partial charge on any atom is -0.493 e. The Labute approximate surface area is 186 Å². The Morgan fingerprint density at radius 2 is 1.81 bits per heavy atom. The first kappa shape index (κ1) is 23.1. The van der Waals surface area contributed by atoms with E-state index in [4.69, 9.17) is 9.47 Å². The number of methoxy groups -OCH3 is 2. The van der Waals surface area contributed by atoms with Crippen LogP contribution in [-0.4, -0.2) is 78.6 Å². The lowest BCUT2D eigenvalue weighted by molar-refractivity contribution is -0.142. The van der Waals surface area contributed by atoms with Gasteiger partial charge in [-0.05, 0) is 26.0 Å². The van der Waals surface area contributed by atoms with Crippen LogP contribution < -0.4 is 9.47 Å². The van der Waals surface area contributed by atoms with Crippen LogP contribution in [-0.2, 0) is 9.53 Å². The molecule has 32 heavy (non-hydrogen) atoms. The Balaban J connectivity index is 1.64. The van der Waals surface area contributed by atoms with Crippen LogP contribution in [0.4, 0.5) is 0 Å². The topological polar surface area (TPSA) is 98.3 Å². The number of rotatable bonds is 6. The van der Waals surface area contributed by atoms with Crippen molar-refractivity contribution in [2.75, 3.05) is 33.9 Å². The van der Waals surface area contributed by atoms with Gasteiger partial charge in [0.2, 0.25) is 0 Å². The molecule has 2 aromatic rings. The molecule has 1 aliphatic rings. The van der Waals surface area contributed by atoms with Gasteiger partial charge in [0.1, 0.15) is 0 Å². The molecule has 2 heterocycles. The molecule has 2 amide bonds.